The summed E-state index contributed by atoms with van der Waals surface area (Å²) in [5, 5.41) is 10.1. The maximum absolute atomic E-state index is 13.5. The van der Waals surface area contributed by atoms with Gasteiger partial charge in [0, 0.05) is 26.2 Å². The van der Waals surface area contributed by atoms with Crippen LogP contribution in [-0.4, -0.2) is 27.8 Å². The van der Waals surface area contributed by atoms with E-state index >= 15 is 0 Å². The quantitative estimate of drug-likeness (QED) is 0.460. The predicted molar refractivity (Wildman–Crippen MR) is 89.9 cm³/mol. The molecule has 0 spiro atoms. The van der Waals surface area contributed by atoms with Crippen molar-refractivity contribution in [2.24, 2.45) is 12.0 Å². The molecule has 114 valence electrons. The first-order chi connectivity index (χ1) is 9.70. The van der Waals surface area contributed by atoms with E-state index in [1.807, 2.05) is 7.05 Å². The summed E-state index contributed by atoms with van der Waals surface area (Å²) in [5.74, 6) is 1.14. The molecule has 21 heavy (non-hydrogen) atoms. The number of aliphatic imine (C=N–C) groups is 1. The smallest absolute Gasteiger partial charge is 0.191 e. The van der Waals surface area contributed by atoms with Crippen LogP contribution in [-0.2, 0) is 20.1 Å². The van der Waals surface area contributed by atoms with E-state index in [0.29, 0.717) is 24.6 Å². The number of nitrogens with zero attached hydrogens (tertiary/aromatic N) is 4. The van der Waals surface area contributed by atoms with Crippen molar-refractivity contribution in [1.29, 1.82) is 0 Å². The Hall–Kier alpha value is -1.71. The van der Waals surface area contributed by atoms with Crippen molar-refractivity contribution in [3.63, 3.8) is 0 Å². The van der Waals surface area contributed by atoms with E-state index in [1.165, 1.54) is 12.4 Å². The third-order valence-corrected chi connectivity index (χ3v) is 2.85. The van der Waals surface area contributed by atoms with Crippen LogP contribution in [0.25, 0.3) is 0 Å². The molecule has 1 aromatic carbocycles. The Morgan fingerprint density at radius 3 is 2.62 bits per heavy atom. The minimum Gasteiger partial charge on any atom is -0.352 e. The Labute approximate surface area is 139 Å². The summed E-state index contributed by atoms with van der Waals surface area (Å²) >= 11 is 0. The van der Waals surface area contributed by atoms with Crippen LogP contribution in [0.15, 0.2) is 35.6 Å². The summed E-state index contributed by atoms with van der Waals surface area (Å²) in [6.45, 7) is 0.860. The van der Waals surface area contributed by atoms with Gasteiger partial charge in [-0.3, -0.25) is 9.67 Å². The zero-order valence-electron chi connectivity index (χ0n) is 11.9. The summed E-state index contributed by atoms with van der Waals surface area (Å²) in [7, 11) is 3.48. The second-order valence-electron chi connectivity index (χ2n) is 4.17. The number of aromatic nitrogens is 3. The van der Waals surface area contributed by atoms with Gasteiger partial charge in [-0.05, 0) is 6.07 Å². The van der Waals surface area contributed by atoms with Crippen LogP contribution < -0.4 is 10.6 Å². The highest BCUT2D eigenvalue weighted by molar-refractivity contribution is 14.0. The number of hydrogen-bond donors (Lipinski definition) is 2. The zero-order valence-corrected chi connectivity index (χ0v) is 14.2. The lowest BCUT2D eigenvalue weighted by atomic mass is 10.2. The van der Waals surface area contributed by atoms with Crippen molar-refractivity contribution >= 4 is 29.9 Å². The molecule has 2 rings (SSSR count). The molecule has 0 radical (unpaired) electrons. The molecule has 0 aliphatic carbocycles. The van der Waals surface area contributed by atoms with Crippen LogP contribution in [0, 0.1) is 5.82 Å². The van der Waals surface area contributed by atoms with Gasteiger partial charge < -0.3 is 10.6 Å². The lowest BCUT2D eigenvalue weighted by Gasteiger charge is -2.11. The SMILES string of the molecule is CN=C(NCc1ccccc1F)NCc1ncnn1C.I. The molecule has 0 aliphatic heterocycles. The second-order valence-corrected chi connectivity index (χ2v) is 4.17. The van der Waals surface area contributed by atoms with Gasteiger partial charge in [0.15, 0.2) is 5.96 Å². The highest BCUT2D eigenvalue weighted by atomic mass is 127. The number of guanidine groups is 1. The van der Waals surface area contributed by atoms with E-state index in [9.17, 15) is 4.39 Å². The fraction of sp³-hybridized carbons (Fsp3) is 0.308. The first-order valence-corrected chi connectivity index (χ1v) is 6.21. The van der Waals surface area contributed by atoms with Crippen molar-refractivity contribution in [2.75, 3.05) is 7.05 Å². The maximum atomic E-state index is 13.5. The number of rotatable bonds is 4. The van der Waals surface area contributed by atoms with Gasteiger partial charge in [0.05, 0.1) is 6.54 Å². The molecule has 8 heteroatoms. The molecule has 0 fully saturated rings. The molecule has 1 heterocycles. The minimum atomic E-state index is -0.233. The normalized spacial score (nSPS) is 10.9. The third kappa shape index (κ3) is 4.96. The van der Waals surface area contributed by atoms with Gasteiger partial charge in [-0.15, -0.1) is 24.0 Å². The standard InChI is InChI=1S/C13H17FN6.HI/c1-15-13(17-8-12-18-9-19-20(12)2)16-7-10-5-3-4-6-11(10)14;/h3-6,9H,7-8H2,1-2H3,(H2,15,16,17);1H. The Morgan fingerprint density at radius 2 is 2.00 bits per heavy atom. The zero-order chi connectivity index (χ0) is 14.4. The summed E-state index contributed by atoms with van der Waals surface area (Å²) in [6.07, 6.45) is 1.49. The average Bonchev–Trinajstić information content (AvgIpc) is 2.86. The van der Waals surface area contributed by atoms with E-state index < -0.39 is 0 Å². The molecule has 2 N–H and O–H groups in total. The molecule has 0 unspecified atom stereocenters. The van der Waals surface area contributed by atoms with E-state index in [-0.39, 0.29) is 29.8 Å². The largest absolute Gasteiger partial charge is 0.352 e. The van der Waals surface area contributed by atoms with Crippen molar-refractivity contribution in [3.8, 4) is 0 Å². The minimum absolute atomic E-state index is 0. The van der Waals surface area contributed by atoms with Crippen molar-refractivity contribution < 1.29 is 4.39 Å². The molecule has 1 aromatic heterocycles. The Kier molecular flexibility index (Phi) is 7.06. The first kappa shape index (κ1) is 17.3. The van der Waals surface area contributed by atoms with E-state index in [0.717, 1.165) is 5.82 Å². The highest BCUT2D eigenvalue weighted by Gasteiger charge is 2.04. The molecule has 0 bridgehead atoms. The van der Waals surface area contributed by atoms with Crippen LogP contribution >= 0.6 is 24.0 Å². The summed E-state index contributed by atoms with van der Waals surface area (Å²) in [6, 6.07) is 6.64. The summed E-state index contributed by atoms with van der Waals surface area (Å²) < 4.78 is 15.2. The molecule has 0 saturated heterocycles. The third-order valence-electron chi connectivity index (χ3n) is 2.85. The average molecular weight is 404 g/mol. The van der Waals surface area contributed by atoms with Crippen molar-refractivity contribution in [1.82, 2.24) is 25.4 Å². The van der Waals surface area contributed by atoms with E-state index in [4.69, 9.17) is 0 Å². The van der Waals surface area contributed by atoms with Crippen molar-refractivity contribution in [2.45, 2.75) is 13.1 Å². The molecule has 2 aromatic rings. The van der Waals surface area contributed by atoms with Crippen LogP contribution in [0.3, 0.4) is 0 Å². The number of hydrogen-bond acceptors (Lipinski definition) is 3. The predicted octanol–water partition coefficient (Wildman–Crippen LogP) is 1.44. The van der Waals surface area contributed by atoms with Crippen LogP contribution in [0.2, 0.25) is 0 Å². The molecular weight excluding hydrogens is 386 g/mol. The fourth-order valence-corrected chi connectivity index (χ4v) is 1.68. The highest BCUT2D eigenvalue weighted by Crippen LogP contribution is 2.05. The van der Waals surface area contributed by atoms with Gasteiger partial charge in [-0.1, -0.05) is 18.2 Å². The lowest BCUT2D eigenvalue weighted by molar-refractivity contribution is 0.604. The Bertz CT molecular complexity index is 598. The van der Waals surface area contributed by atoms with Gasteiger partial charge in [-0.2, -0.15) is 5.10 Å². The summed E-state index contributed by atoms with van der Waals surface area (Å²) in [4.78, 5) is 8.18. The topological polar surface area (TPSA) is 67.1 Å². The molecule has 0 saturated carbocycles. The molecule has 6 nitrogen and oxygen atoms in total. The second kappa shape index (κ2) is 8.55. The molecule has 0 amide bonds. The number of nitrogens with one attached hydrogen (secondary N) is 2. The monoisotopic (exact) mass is 404 g/mol. The van der Waals surface area contributed by atoms with Gasteiger partial charge in [-0.25, -0.2) is 9.37 Å². The number of halogens is 2. The van der Waals surface area contributed by atoms with Crippen LogP contribution in [0.1, 0.15) is 11.4 Å². The fourth-order valence-electron chi connectivity index (χ4n) is 1.68. The van der Waals surface area contributed by atoms with Crippen molar-refractivity contribution in [3.05, 3.63) is 47.8 Å². The van der Waals surface area contributed by atoms with Gasteiger partial charge in [0.2, 0.25) is 0 Å². The van der Waals surface area contributed by atoms with Gasteiger partial charge >= 0.3 is 0 Å². The number of aryl methyl sites for hydroxylation is 1. The van der Waals surface area contributed by atoms with Gasteiger partial charge in [0.1, 0.15) is 18.0 Å². The van der Waals surface area contributed by atoms with Crippen LogP contribution in [0.5, 0.6) is 0 Å². The number of benzene rings is 1. The molecule has 0 atom stereocenters. The van der Waals surface area contributed by atoms with E-state index in [2.05, 4.69) is 25.7 Å². The first-order valence-electron chi connectivity index (χ1n) is 6.21. The van der Waals surface area contributed by atoms with Gasteiger partial charge in [0.25, 0.3) is 0 Å². The maximum Gasteiger partial charge on any atom is 0.191 e. The molecule has 0 aliphatic rings. The van der Waals surface area contributed by atoms with Crippen LogP contribution in [0.4, 0.5) is 4.39 Å². The lowest BCUT2D eigenvalue weighted by Crippen LogP contribution is -2.37. The molecular formula is C13H18FIN6. The Morgan fingerprint density at radius 1 is 1.29 bits per heavy atom. The summed E-state index contributed by atoms with van der Waals surface area (Å²) in [5.41, 5.74) is 0.592. The van der Waals surface area contributed by atoms with E-state index in [1.54, 1.807) is 29.9 Å². The Balaban J connectivity index is 0.00000220.